The quantitative estimate of drug-likeness (QED) is 0.525. The van der Waals surface area contributed by atoms with Crippen LogP contribution in [0.1, 0.15) is 102 Å². The minimum atomic E-state index is 0.135. The van der Waals surface area contributed by atoms with Crippen LogP contribution in [0.15, 0.2) is 0 Å². The van der Waals surface area contributed by atoms with Crippen LogP contribution >= 0.6 is 0 Å². The summed E-state index contributed by atoms with van der Waals surface area (Å²) in [5.74, 6) is 2.40. The molecule has 0 aliphatic carbocycles. The number of likely N-dealkylation sites (tertiary alicyclic amines) is 3. The summed E-state index contributed by atoms with van der Waals surface area (Å²) in [6, 6.07) is 0. The summed E-state index contributed by atoms with van der Waals surface area (Å²) in [5, 5.41) is 0. The maximum absolute atomic E-state index is 11.5. The van der Waals surface area contributed by atoms with Crippen molar-refractivity contribution in [1.29, 1.82) is 0 Å². The number of hydrogen-bond donors (Lipinski definition) is 0. The first-order valence-electron chi connectivity index (χ1n) is 13.6. The van der Waals surface area contributed by atoms with Crippen molar-refractivity contribution in [1.82, 2.24) is 14.7 Å². The van der Waals surface area contributed by atoms with E-state index < -0.39 is 0 Å². The summed E-state index contributed by atoms with van der Waals surface area (Å²) in [5.41, 5.74) is 0.415. The van der Waals surface area contributed by atoms with Crippen molar-refractivity contribution in [2.45, 2.75) is 102 Å². The van der Waals surface area contributed by atoms with Gasteiger partial charge in [-0.25, -0.2) is 0 Å². The minimum absolute atomic E-state index is 0.135. The van der Waals surface area contributed by atoms with Crippen molar-refractivity contribution in [3.05, 3.63) is 0 Å². The molecule has 0 N–H and O–H groups in total. The molecule has 6 heteroatoms. The Hall–Kier alpha value is -1.59. The Bertz CT molecular complexity index is 654. The predicted octanol–water partition coefficient (Wildman–Crippen LogP) is 5.46. The predicted molar refractivity (Wildman–Crippen MR) is 145 cm³/mol. The summed E-state index contributed by atoms with van der Waals surface area (Å²) in [4.78, 5) is 40.2. The van der Waals surface area contributed by atoms with Gasteiger partial charge in [0, 0.05) is 58.5 Å². The van der Waals surface area contributed by atoms with Crippen molar-refractivity contribution in [2.24, 2.45) is 28.1 Å². The van der Waals surface area contributed by atoms with Crippen LogP contribution < -0.4 is 0 Å². The molecule has 3 heterocycles. The van der Waals surface area contributed by atoms with E-state index >= 15 is 0 Å². The van der Waals surface area contributed by atoms with Gasteiger partial charge in [0.1, 0.15) is 0 Å². The Morgan fingerprint density at radius 1 is 0.543 bits per heavy atom. The van der Waals surface area contributed by atoms with Gasteiger partial charge in [-0.05, 0) is 34.5 Å². The number of rotatable bonds is 3. The minimum Gasteiger partial charge on any atom is -0.343 e. The van der Waals surface area contributed by atoms with E-state index in [4.69, 9.17) is 0 Å². The molecule has 0 spiro atoms. The van der Waals surface area contributed by atoms with E-state index in [0.29, 0.717) is 48.8 Å². The highest BCUT2D eigenvalue weighted by Gasteiger charge is 2.30. The summed E-state index contributed by atoms with van der Waals surface area (Å²) < 4.78 is 0. The van der Waals surface area contributed by atoms with E-state index in [9.17, 15) is 14.4 Å². The molecule has 3 saturated heterocycles. The van der Waals surface area contributed by atoms with Crippen LogP contribution in [0, 0.1) is 28.1 Å². The maximum Gasteiger partial charge on any atom is 0.223 e. The monoisotopic (exact) mass is 493 g/mol. The van der Waals surface area contributed by atoms with Crippen molar-refractivity contribution in [2.75, 3.05) is 39.3 Å². The van der Waals surface area contributed by atoms with Gasteiger partial charge in [0.25, 0.3) is 0 Å². The Labute approximate surface area is 216 Å². The fourth-order valence-corrected chi connectivity index (χ4v) is 4.07. The Morgan fingerprint density at radius 3 is 0.971 bits per heavy atom. The molecule has 0 aromatic heterocycles. The van der Waals surface area contributed by atoms with E-state index in [0.717, 1.165) is 39.3 Å². The first-order chi connectivity index (χ1) is 15.8. The molecule has 204 valence electrons. The zero-order valence-corrected chi connectivity index (χ0v) is 24.8. The molecule has 3 aliphatic rings. The smallest absolute Gasteiger partial charge is 0.223 e. The van der Waals surface area contributed by atoms with Crippen molar-refractivity contribution < 1.29 is 14.4 Å². The topological polar surface area (TPSA) is 60.9 Å². The highest BCUT2D eigenvalue weighted by atomic mass is 16.2. The maximum atomic E-state index is 11.5. The van der Waals surface area contributed by atoms with Gasteiger partial charge in [0.15, 0.2) is 0 Å². The second-order valence-electron chi connectivity index (χ2n) is 14.8. The summed E-state index contributed by atoms with van der Waals surface area (Å²) in [7, 11) is 0. The first kappa shape index (κ1) is 31.4. The number of amides is 3. The first-order valence-corrected chi connectivity index (χ1v) is 13.6. The fourth-order valence-electron chi connectivity index (χ4n) is 4.07. The molecule has 3 fully saturated rings. The van der Waals surface area contributed by atoms with Crippen LogP contribution in [0.25, 0.3) is 0 Å². The van der Waals surface area contributed by atoms with E-state index in [1.54, 1.807) is 0 Å². The van der Waals surface area contributed by atoms with Crippen LogP contribution in [-0.2, 0) is 14.4 Å². The van der Waals surface area contributed by atoms with Crippen molar-refractivity contribution in [3.8, 4) is 0 Å². The lowest BCUT2D eigenvalue weighted by Crippen LogP contribution is -2.49. The van der Waals surface area contributed by atoms with E-state index in [2.05, 4.69) is 76.2 Å². The van der Waals surface area contributed by atoms with Gasteiger partial charge in [0.05, 0.1) is 0 Å². The normalized spacial score (nSPS) is 18.8. The highest BCUT2D eigenvalue weighted by Crippen LogP contribution is 2.25. The zero-order chi connectivity index (χ0) is 27.2. The van der Waals surface area contributed by atoms with Gasteiger partial charge >= 0.3 is 0 Å². The molecule has 0 saturated carbocycles. The molecule has 0 bridgehead atoms. The summed E-state index contributed by atoms with van der Waals surface area (Å²) in [6.45, 7) is 29.1. The van der Waals surface area contributed by atoms with E-state index in [1.165, 1.54) is 6.42 Å². The third-order valence-corrected chi connectivity index (χ3v) is 6.09. The van der Waals surface area contributed by atoms with Crippen molar-refractivity contribution >= 4 is 17.7 Å². The van der Waals surface area contributed by atoms with Crippen LogP contribution in [0.4, 0.5) is 0 Å². The third-order valence-electron chi connectivity index (χ3n) is 6.09. The summed E-state index contributed by atoms with van der Waals surface area (Å²) in [6.07, 6.45) is 3.24. The average Bonchev–Trinajstić information content (AvgIpc) is 2.50. The molecule has 6 nitrogen and oxygen atoms in total. The molecule has 0 aromatic carbocycles. The second-order valence-corrected chi connectivity index (χ2v) is 14.8. The largest absolute Gasteiger partial charge is 0.343 e. The molecule has 35 heavy (non-hydrogen) atoms. The van der Waals surface area contributed by atoms with Crippen molar-refractivity contribution in [3.63, 3.8) is 0 Å². The SMILES string of the molecule is CC(C)(C)CC(=O)N1CCC1.CC1CN(C(=O)CC(C)(C)C)C1.CC1CN(C(=O)CC(C)(C)C)C1. The van der Waals surface area contributed by atoms with Crippen LogP contribution in [0.5, 0.6) is 0 Å². The van der Waals surface area contributed by atoms with Gasteiger partial charge in [-0.15, -0.1) is 0 Å². The fraction of sp³-hybridized carbons (Fsp3) is 0.897. The van der Waals surface area contributed by atoms with Crippen LogP contribution in [-0.4, -0.2) is 71.7 Å². The number of carbonyl (C=O) groups excluding carboxylic acids is 3. The molecule has 0 unspecified atom stereocenters. The van der Waals surface area contributed by atoms with Gasteiger partial charge in [0.2, 0.25) is 17.7 Å². The van der Waals surface area contributed by atoms with E-state index in [1.807, 2.05) is 14.7 Å². The number of nitrogens with zero attached hydrogens (tertiary/aromatic N) is 3. The average molecular weight is 494 g/mol. The van der Waals surface area contributed by atoms with Crippen LogP contribution in [0.3, 0.4) is 0 Å². The Kier molecular flexibility index (Phi) is 11.3. The summed E-state index contributed by atoms with van der Waals surface area (Å²) >= 11 is 0. The molecule has 3 amide bonds. The third kappa shape index (κ3) is 13.3. The zero-order valence-electron chi connectivity index (χ0n) is 24.8. The lowest BCUT2D eigenvalue weighted by Gasteiger charge is -2.38. The number of carbonyl (C=O) groups is 3. The molecule has 0 atom stereocenters. The van der Waals surface area contributed by atoms with E-state index in [-0.39, 0.29) is 16.2 Å². The Balaban J connectivity index is 0.000000263. The standard InChI is InChI=1S/2C10H19NO.C9H17NO/c2*1-8-6-11(7-8)9(12)5-10(2,3)4;1-9(2,3)7-8(11)10-5-4-6-10/h2*8H,5-7H2,1-4H3;4-7H2,1-3H3. The molecule has 0 aromatic rings. The van der Waals surface area contributed by atoms with Gasteiger partial charge in [-0.2, -0.15) is 0 Å². The lowest BCUT2D eigenvalue weighted by molar-refractivity contribution is -0.139. The highest BCUT2D eigenvalue weighted by molar-refractivity contribution is 5.78. The molecular formula is C29H55N3O3. The van der Waals surface area contributed by atoms with Gasteiger partial charge in [-0.3, -0.25) is 14.4 Å². The van der Waals surface area contributed by atoms with Gasteiger partial charge in [-0.1, -0.05) is 76.2 Å². The second kappa shape index (κ2) is 12.6. The Morgan fingerprint density at radius 2 is 0.800 bits per heavy atom. The molecule has 3 rings (SSSR count). The lowest BCUT2D eigenvalue weighted by atomic mass is 9.90. The number of hydrogen-bond acceptors (Lipinski definition) is 3. The molecule has 0 radical (unpaired) electrons. The van der Waals surface area contributed by atoms with Gasteiger partial charge < -0.3 is 14.7 Å². The molecule has 3 aliphatic heterocycles. The van der Waals surface area contributed by atoms with Crippen LogP contribution in [0.2, 0.25) is 0 Å². The molecular weight excluding hydrogens is 438 g/mol.